The van der Waals surface area contributed by atoms with E-state index in [2.05, 4.69) is 10.2 Å². The van der Waals surface area contributed by atoms with Gasteiger partial charge < -0.3 is 14.3 Å². The number of aryl methyl sites for hydroxylation is 1. The van der Waals surface area contributed by atoms with Crippen LogP contribution in [0.25, 0.3) is 0 Å². The minimum Gasteiger partial charge on any atom is -0.492 e. The molecule has 0 atom stereocenters. The molecule has 0 saturated heterocycles. The minimum atomic E-state index is -1.00. The molecule has 1 aromatic carbocycles. The van der Waals surface area contributed by atoms with Crippen molar-refractivity contribution >= 4 is 17.7 Å². The van der Waals surface area contributed by atoms with Gasteiger partial charge in [-0.3, -0.25) is 0 Å². The molecule has 0 unspecified atom stereocenters. The Bertz CT molecular complexity index is 570. The Balaban J connectivity index is 1.84. The molecule has 19 heavy (non-hydrogen) atoms. The standard InChI is InChI=1S/C12H12N2O4S/c1-8-13-14-12(18-8)19-7-6-17-10-5-3-2-4-9(10)11(15)16/h2-5H,6-7H2,1H3,(H,15,16). The summed E-state index contributed by atoms with van der Waals surface area (Å²) in [5, 5.41) is 17.0. The largest absolute Gasteiger partial charge is 0.492 e. The fourth-order valence-corrected chi connectivity index (χ4v) is 2.01. The SMILES string of the molecule is Cc1nnc(SCCOc2ccccc2C(=O)O)o1. The Morgan fingerprint density at radius 2 is 2.21 bits per heavy atom. The zero-order valence-electron chi connectivity index (χ0n) is 10.2. The van der Waals surface area contributed by atoms with Crippen molar-refractivity contribution in [2.45, 2.75) is 12.1 Å². The lowest BCUT2D eigenvalue weighted by Crippen LogP contribution is -2.05. The molecule has 0 saturated carbocycles. The predicted octanol–water partition coefficient (Wildman–Crippen LogP) is 2.25. The lowest BCUT2D eigenvalue weighted by atomic mass is 10.2. The number of para-hydroxylation sites is 1. The summed E-state index contributed by atoms with van der Waals surface area (Å²) in [6.07, 6.45) is 0. The first kappa shape index (κ1) is 13.4. The third-order valence-corrected chi connectivity index (χ3v) is 2.97. The van der Waals surface area contributed by atoms with Crippen molar-refractivity contribution in [3.05, 3.63) is 35.7 Å². The predicted molar refractivity (Wildman–Crippen MR) is 68.7 cm³/mol. The van der Waals surface area contributed by atoms with Crippen LogP contribution in [0.5, 0.6) is 5.75 Å². The number of benzene rings is 1. The number of carboxylic acid groups (broad SMARTS) is 1. The number of aromatic nitrogens is 2. The molecular weight excluding hydrogens is 268 g/mol. The van der Waals surface area contributed by atoms with Crippen LogP contribution in [0.1, 0.15) is 16.2 Å². The van der Waals surface area contributed by atoms with Crippen molar-refractivity contribution in [3.8, 4) is 5.75 Å². The number of hydrogen-bond donors (Lipinski definition) is 1. The van der Waals surface area contributed by atoms with E-state index in [1.54, 1.807) is 25.1 Å². The van der Waals surface area contributed by atoms with Crippen molar-refractivity contribution < 1.29 is 19.1 Å². The van der Waals surface area contributed by atoms with Gasteiger partial charge in [-0.05, 0) is 12.1 Å². The number of rotatable bonds is 6. The fraction of sp³-hybridized carbons (Fsp3) is 0.250. The van der Waals surface area contributed by atoms with Crippen LogP contribution in [0.4, 0.5) is 0 Å². The molecule has 1 aromatic heterocycles. The van der Waals surface area contributed by atoms with Gasteiger partial charge in [0, 0.05) is 12.7 Å². The summed E-state index contributed by atoms with van der Waals surface area (Å²) < 4.78 is 10.6. The highest BCUT2D eigenvalue weighted by Crippen LogP contribution is 2.19. The van der Waals surface area contributed by atoms with Gasteiger partial charge in [0.2, 0.25) is 5.89 Å². The van der Waals surface area contributed by atoms with Crippen LogP contribution in [-0.2, 0) is 0 Å². The van der Waals surface area contributed by atoms with Gasteiger partial charge in [-0.15, -0.1) is 10.2 Å². The first-order valence-corrected chi connectivity index (χ1v) is 6.53. The second-order valence-corrected chi connectivity index (χ2v) is 4.63. The zero-order chi connectivity index (χ0) is 13.7. The summed E-state index contributed by atoms with van der Waals surface area (Å²) in [6.45, 7) is 2.08. The topological polar surface area (TPSA) is 85.5 Å². The van der Waals surface area contributed by atoms with E-state index in [0.29, 0.717) is 29.2 Å². The van der Waals surface area contributed by atoms with Gasteiger partial charge in [0.15, 0.2) is 0 Å². The van der Waals surface area contributed by atoms with Crippen LogP contribution in [0.3, 0.4) is 0 Å². The average Bonchev–Trinajstić information content (AvgIpc) is 2.81. The summed E-state index contributed by atoms with van der Waals surface area (Å²) in [6, 6.07) is 6.53. The molecule has 6 nitrogen and oxygen atoms in total. The number of aromatic carboxylic acids is 1. The Morgan fingerprint density at radius 1 is 1.42 bits per heavy atom. The first-order valence-electron chi connectivity index (χ1n) is 5.55. The molecule has 1 N–H and O–H groups in total. The fourth-order valence-electron chi connectivity index (χ4n) is 1.39. The molecule has 0 spiro atoms. The number of thioether (sulfide) groups is 1. The Kier molecular flexibility index (Phi) is 4.40. The third-order valence-electron chi connectivity index (χ3n) is 2.19. The smallest absolute Gasteiger partial charge is 0.339 e. The summed E-state index contributed by atoms with van der Waals surface area (Å²) in [5.74, 6) is 0.461. The van der Waals surface area contributed by atoms with Crippen molar-refractivity contribution in [2.75, 3.05) is 12.4 Å². The average molecular weight is 280 g/mol. The van der Waals surface area contributed by atoms with Crippen molar-refractivity contribution in [1.82, 2.24) is 10.2 Å². The summed E-state index contributed by atoms with van der Waals surface area (Å²) in [5.41, 5.74) is 0.154. The van der Waals surface area contributed by atoms with E-state index < -0.39 is 5.97 Å². The molecule has 0 aliphatic carbocycles. The van der Waals surface area contributed by atoms with Crippen molar-refractivity contribution in [1.29, 1.82) is 0 Å². The minimum absolute atomic E-state index is 0.154. The molecule has 0 aliphatic heterocycles. The van der Waals surface area contributed by atoms with Gasteiger partial charge >= 0.3 is 5.97 Å². The molecule has 0 fully saturated rings. The van der Waals surface area contributed by atoms with E-state index in [1.165, 1.54) is 17.8 Å². The molecule has 2 aromatic rings. The van der Waals surface area contributed by atoms with Gasteiger partial charge in [-0.25, -0.2) is 4.79 Å². The molecule has 0 radical (unpaired) electrons. The van der Waals surface area contributed by atoms with Gasteiger partial charge in [0.1, 0.15) is 11.3 Å². The molecule has 0 aliphatic rings. The van der Waals surface area contributed by atoms with Crippen LogP contribution in [0.15, 0.2) is 33.9 Å². The van der Waals surface area contributed by atoms with E-state index in [1.807, 2.05) is 0 Å². The molecular formula is C12H12N2O4S. The summed E-state index contributed by atoms with van der Waals surface area (Å²) in [7, 11) is 0. The van der Waals surface area contributed by atoms with Crippen molar-refractivity contribution in [3.63, 3.8) is 0 Å². The maximum Gasteiger partial charge on any atom is 0.339 e. The normalized spacial score (nSPS) is 10.4. The zero-order valence-corrected chi connectivity index (χ0v) is 11.0. The summed E-state index contributed by atoms with van der Waals surface area (Å²) in [4.78, 5) is 11.0. The quantitative estimate of drug-likeness (QED) is 0.641. The number of nitrogens with zero attached hydrogens (tertiary/aromatic N) is 2. The molecule has 2 rings (SSSR count). The molecule has 0 bridgehead atoms. The van der Waals surface area contributed by atoms with Crippen LogP contribution < -0.4 is 4.74 Å². The van der Waals surface area contributed by atoms with E-state index >= 15 is 0 Å². The van der Waals surface area contributed by atoms with E-state index in [0.717, 1.165) is 0 Å². The molecule has 100 valence electrons. The van der Waals surface area contributed by atoms with Gasteiger partial charge in [-0.2, -0.15) is 0 Å². The highest BCUT2D eigenvalue weighted by atomic mass is 32.2. The van der Waals surface area contributed by atoms with Gasteiger partial charge in [0.25, 0.3) is 5.22 Å². The van der Waals surface area contributed by atoms with E-state index in [-0.39, 0.29) is 5.56 Å². The van der Waals surface area contributed by atoms with E-state index in [4.69, 9.17) is 14.3 Å². The Morgan fingerprint density at radius 3 is 2.89 bits per heavy atom. The monoisotopic (exact) mass is 280 g/mol. The summed E-state index contributed by atoms with van der Waals surface area (Å²) >= 11 is 1.36. The second kappa shape index (κ2) is 6.24. The number of carboxylic acids is 1. The second-order valence-electron chi connectivity index (χ2n) is 3.59. The van der Waals surface area contributed by atoms with Crippen LogP contribution in [0.2, 0.25) is 0 Å². The molecule has 1 heterocycles. The number of ether oxygens (including phenoxy) is 1. The van der Waals surface area contributed by atoms with Crippen molar-refractivity contribution in [2.24, 2.45) is 0 Å². The Labute approximate surface area is 113 Å². The number of hydrogen-bond acceptors (Lipinski definition) is 6. The maximum atomic E-state index is 11.0. The van der Waals surface area contributed by atoms with Crippen LogP contribution >= 0.6 is 11.8 Å². The van der Waals surface area contributed by atoms with Crippen LogP contribution in [0, 0.1) is 6.92 Å². The van der Waals surface area contributed by atoms with Gasteiger partial charge in [-0.1, -0.05) is 23.9 Å². The molecule has 0 amide bonds. The Hall–Kier alpha value is -2.02. The van der Waals surface area contributed by atoms with Crippen LogP contribution in [-0.4, -0.2) is 33.6 Å². The third kappa shape index (κ3) is 3.72. The highest BCUT2D eigenvalue weighted by molar-refractivity contribution is 7.99. The van der Waals surface area contributed by atoms with E-state index in [9.17, 15) is 4.79 Å². The number of carbonyl (C=O) groups is 1. The lowest BCUT2D eigenvalue weighted by molar-refractivity contribution is 0.0692. The first-order chi connectivity index (χ1) is 9.16. The maximum absolute atomic E-state index is 11.0. The molecule has 7 heteroatoms. The highest BCUT2D eigenvalue weighted by Gasteiger charge is 2.10. The lowest BCUT2D eigenvalue weighted by Gasteiger charge is -2.07. The van der Waals surface area contributed by atoms with Gasteiger partial charge in [0.05, 0.1) is 6.61 Å².